The number of ether oxygens (including phenoxy) is 3. The maximum absolute atomic E-state index is 14.1. The zero-order chi connectivity index (χ0) is 15.1. The fraction of sp³-hybridized carbons (Fsp3) is 0.200. The molecule has 21 heavy (non-hydrogen) atoms. The van der Waals surface area contributed by atoms with Gasteiger partial charge in [-0.1, -0.05) is 0 Å². The predicted molar refractivity (Wildman–Crippen MR) is 75.4 cm³/mol. The quantitative estimate of drug-likeness (QED) is 0.802. The van der Waals surface area contributed by atoms with E-state index >= 15 is 0 Å². The summed E-state index contributed by atoms with van der Waals surface area (Å²) in [5, 5.41) is 0.822. The van der Waals surface area contributed by atoms with Crippen molar-refractivity contribution >= 4 is 21.8 Å². The average Bonchev–Trinajstić information content (AvgIpc) is 2.82. The number of aromatic nitrogens is 1. The number of hydrogen-bond donors (Lipinski definition) is 1. The smallest absolute Gasteiger partial charge is 0.205 e. The van der Waals surface area contributed by atoms with Crippen LogP contribution in [-0.2, 0) is 0 Å². The van der Waals surface area contributed by atoms with Crippen molar-refractivity contribution in [2.75, 3.05) is 21.3 Å². The van der Waals surface area contributed by atoms with Gasteiger partial charge >= 0.3 is 0 Å². The van der Waals surface area contributed by atoms with Crippen LogP contribution in [0.5, 0.6) is 17.2 Å². The van der Waals surface area contributed by atoms with Crippen molar-refractivity contribution in [3.05, 3.63) is 29.8 Å². The first-order valence-electron chi connectivity index (χ1n) is 6.20. The Balaban J connectivity index is 2.53. The van der Waals surface area contributed by atoms with E-state index in [1.807, 2.05) is 0 Å². The number of aromatic amines is 1. The third kappa shape index (κ3) is 1.86. The SMILES string of the molecule is COc1cc2c([nH]c3cc(F)cc(F)c32)c(OC)c1OC. The van der Waals surface area contributed by atoms with E-state index in [-0.39, 0.29) is 5.39 Å². The summed E-state index contributed by atoms with van der Waals surface area (Å²) in [5.41, 5.74) is 0.866. The van der Waals surface area contributed by atoms with Gasteiger partial charge in [0.1, 0.15) is 11.6 Å². The summed E-state index contributed by atoms with van der Waals surface area (Å²) in [5.74, 6) is -0.121. The number of rotatable bonds is 3. The summed E-state index contributed by atoms with van der Waals surface area (Å²) >= 11 is 0. The number of methoxy groups -OCH3 is 3. The van der Waals surface area contributed by atoms with Crippen LogP contribution in [0.2, 0.25) is 0 Å². The Morgan fingerprint density at radius 2 is 1.62 bits per heavy atom. The maximum atomic E-state index is 14.1. The predicted octanol–water partition coefficient (Wildman–Crippen LogP) is 3.63. The van der Waals surface area contributed by atoms with Gasteiger partial charge < -0.3 is 19.2 Å². The average molecular weight is 293 g/mol. The lowest BCUT2D eigenvalue weighted by Crippen LogP contribution is -1.95. The Morgan fingerprint density at radius 3 is 2.24 bits per heavy atom. The van der Waals surface area contributed by atoms with Gasteiger partial charge in [0, 0.05) is 16.8 Å². The number of hydrogen-bond acceptors (Lipinski definition) is 3. The summed E-state index contributed by atoms with van der Waals surface area (Å²) in [4.78, 5) is 2.96. The largest absolute Gasteiger partial charge is 0.493 e. The second kappa shape index (κ2) is 4.80. The highest BCUT2D eigenvalue weighted by atomic mass is 19.1. The van der Waals surface area contributed by atoms with Gasteiger partial charge in [0.05, 0.1) is 32.4 Å². The van der Waals surface area contributed by atoms with Crippen LogP contribution in [0.15, 0.2) is 18.2 Å². The highest BCUT2D eigenvalue weighted by Crippen LogP contribution is 2.45. The zero-order valence-corrected chi connectivity index (χ0v) is 11.7. The number of fused-ring (bicyclic) bond motifs is 3. The first-order chi connectivity index (χ1) is 10.1. The summed E-state index contributed by atoms with van der Waals surface area (Å²) in [7, 11) is 4.43. The minimum Gasteiger partial charge on any atom is -0.493 e. The van der Waals surface area contributed by atoms with E-state index < -0.39 is 11.6 Å². The number of nitrogens with one attached hydrogen (secondary N) is 1. The van der Waals surface area contributed by atoms with Crippen molar-refractivity contribution in [2.24, 2.45) is 0 Å². The van der Waals surface area contributed by atoms with Crippen LogP contribution >= 0.6 is 0 Å². The Morgan fingerprint density at radius 1 is 0.905 bits per heavy atom. The molecule has 0 saturated heterocycles. The molecule has 0 spiro atoms. The van der Waals surface area contributed by atoms with Crippen molar-refractivity contribution in [3.8, 4) is 17.2 Å². The third-order valence-electron chi connectivity index (χ3n) is 3.41. The van der Waals surface area contributed by atoms with E-state index in [4.69, 9.17) is 14.2 Å². The minimum absolute atomic E-state index is 0.283. The van der Waals surface area contributed by atoms with Crippen molar-refractivity contribution in [1.29, 1.82) is 0 Å². The summed E-state index contributed by atoms with van der Waals surface area (Å²) in [6.45, 7) is 0. The van der Waals surface area contributed by atoms with Crippen LogP contribution in [-0.4, -0.2) is 26.3 Å². The molecule has 0 aliphatic rings. The first-order valence-corrected chi connectivity index (χ1v) is 6.20. The molecule has 1 aromatic heterocycles. The molecule has 0 fully saturated rings. The zero-order valence-electron chi connectivity index (χ0n) is 11.7. The highest BCUT2D eigenvalue weighted by molar-refractivity contribution is 6.11. The molecule has 2 aromatic carbocycles. The molecule has 0 unspecified atom stereocenters. The molecular weight excluding hydrogens is 280 g/mol. The summed E-state index contributed by atoms with van der Waals surface area (Å²) < 4.78 is 43.3. The molecule has 3 aromatic rings. The van der Waals surface area contributed by atoms with Crippen LogP contribution in [0.25, 0.3) is 21.8 Å². The number of H-pyrrole nitrogens is 1. The molecule has 0 aliphatic heterocycles. The van der Waals surface area contributed by atoms with Crippen molar-refractivity contribution in [3.63, 3.8) is 0 Å². The van der Waals surface area contributed by atoms with Gasteiger partial charge in [-0.05, 0) is 12.1 Å². The van der Waals surface area contributed by atoms with E-state index in [1.165, 1.54) is 27.4 Å². The number of halogens is 2. The molecule has 0 amide bonds. The maximum Gasteiger partial charge on any atom is 0.205 e. The molecule has 0 atom stereocenters. The lowest BCUT2D eigenvalue weighted by Gasteiger charge is -2.12. The molecule has 0 saturated carbocycles. The lowest BCUT2D eigenvalue weighted by atomic mass is 10.1. The molecule has 4 nitrogen and oxygen atoms in total. The van der Waals surface area contributed by atoms with Crippen molar-refractivity contribution < 1.29 is 23.0 Å². The van der Waals surface area contributed by atoms with Gasteiger partial charge in [-0.15, -0.1) is 0 Å². The molecule has 0 aliphatic carbocycles. The normalized spacial score (nSPS) is 11.1. The van der Waals surface area contributed by atoms with Crippen molar-refractivity contribution in [2.45, 2.75) is 0 Å². The van der Waals surface area contributed by atoms with Gasteiger partial charge in [-0.3, -0.25) is 0 Å². The molecule has 3 rings (SSSR count). The fourth-order valence-corrected chi connectivity index (χ4v) is 2.56. The Hall–Kier alpha value is -2.50. The van der Waals surface area contributed by atoms with Crippen LogP contribution in [0, 0.1) is 11.6 Å². The lowest BCUT2D eigenvalue weighted by molar-refractivity contribution is 0.327. The molecule has 110 valence electrons. The van der Waals surface area contributed by atoms with E-state index in [9.17, 15) is 8.78 Å². The highest BCUT2D eigenvalue weighted by Gasteiger charge is 2.21. The van der Waals surface area contributed by atoms with E-state index in [0.29, 0.717) is 33.7 Å². The van der Waals surface area contributed by atoms with Crippen LogP contribution in [0.1, 0.15) is 0 Å². The minimum atomic E-state index is -0.649. The molecule has 1 heterocycles. The molecule has 0 radical (unpaired) electrons. The third-order valence-corrected chi connectivity index (χ3v) is 3.41. The Bertz CT molecular complexity index is 842. The van der Waals surface area contributed by atoms with Gasteiger partial charge in [-0.2, -0.15) is 0 Å². The molecule has 0 bridgehead atoms. The summed E-state index contributed by atoms with van der Waals surface area (Å²) in [6.07, 6.45) is 0. The molecular formula is C15H13F2NO3. The second-order valence-corrected chi connectivity index (χ2v) is 4.50. The van der Waals surface area contributed by atoms with Gasteiger partial charge in [0.25, 0.3) is 0 Å². The standard InChI is InChI=1S/C15H13F2NO3/c1-19-11-6-8-12-9(17)4-7(16)5-10(12)18-13(8)15(21-3)14(11)20-2/h4-6,18H,1-3H3. The van der Waals surface area contributed by atoms with Gasteiger partial charge in [-0.25, -0.2) is 8.78 Å². The first kappa shape index (κ1) is 13.5. The topological polar surface area (TPSA) is 43.5 Å². The van der Waals surface area contributed by atoms with Crippen LogP contribution in [0.3, 0.4) is 0 Å². The summed E-state index contributed by atoms with van der Waals surface area (Å²) in [6, 6.07) is 3.71. The molecule has 6 heteroatoms. The second-order valence-electron chi connectivity index (χ2n) is 4.50. The van der Waals surface area contributed by atoms with E-state index in [2.05, 4.69) is 4.98 Å². The van der Waals surface area contributed by atoms with Crippen molar-refractivity contribution in [1.82, 2.24) is 4.98 Å². The van der Waals surface area contributed by atoms with E-state index in [0.717, 1.165) is 6.07 Å². The fourth-order valence-electron chi connectivity index (χ4n) is 2.56. The molecule has 1 N–H and O–H groups in total. The van der Waals surface area contributed by atoms with Gasteiger partial charge in [0.15, 0.2) is 11.5 Å². The monoisotopic (exact) mass is 293 g/mol. The van der Waals surface area contributed by atoms with Crippen LogP contribution in [0.4, 0.5) is 8.78 Å². The van der Waals surface area contributed by atoms with Gasteiger partial charge in [0.2, 0.25) is 5.75 Å². The number of benzene rings is 2. The van der Waals surface area contributed by atoms with E-state index in [1.54, 1.807) is 6.07 Å². The van der Waals surface area contributed by atoms with Crippen LogP contribution < -0.4 is 14.2 Å². The Labute approximate surface area is 119 Å². The Kier molecular flexibility index (Phi) is 3.08.